The Bertz CT molecular complexity index is 3940. The molecule has 10 amide bonds. The first-order chi connectivity index (χ1) is 51.3. The highest BCUT2D eigenvalue weighted by Crippen LogP contribution is 2.24. The van der Waals surface area contributed by atoms with E-state index in [1.54, 1.807) is 109 Å². The molecule has 107 heavy (non-hydrogen) atoms. The molecule has 13 atom stereocenters. The van der Waals surface area contributed by atoms with Crippen LogP contribution >= 0.6 is 21.6 Å². The highest BCUT2D eigenvalue weighted by molar-refractivity contribution is 8.76. The van der Waals surface area contributed by atoms with E-state index in [1.165, 1.54) is 14.0 Å². The standard InChI is InChI=1S/C77H99N13O15S2/c1-45(2)80-41-52-30-28-51(29-31-52)39-59-71(98)89-65(46(3)92)75(102)86-60(38-50-23-13-8-14-24-50)72(99)90-66(47(4)93)76(103)87-62(42-91)73(100)88-64(77(104)105)44-107-106-43-63(79-5)74(101)81-56(27-17-18-34-78)67(94)82-57(36-48-19-9-6-10-20-48)68(95)83-58(37-49-21-11-7-12-22-49)69(96)85-61(70(97)84-59)40-53-32-33-54-25-15-16-26-55(54)35-53/h6-16,19-26,28-33,35,45-47,56-66,79-80,91-93H,17-18,27,34,36-44,78H2,1-5H3,(H,81,101)(H,82,94)(H,83,95)(H,84,97)(H,85,96)(H,86,102)(H,87,103)(H,88,100)(H,89,98)(H,90,99)(H,104,105)/t46-,47-,56+,57+,58+,59+,60+,61-,62+,63+,64+,65+,66+/m1/s1. The molecule has 1 fully saturated rings. The van der Waals surface area contributed by atoms with Gasteiger partial charge in [-0.05, 0) is 90.9 Å². The van der Waals surface area contributed by atoms with Gasteiger partial charge < -0.3 is 90.0 Å². The van der Waals surface area contributed by atoms with E-state index in [0.29, 0.717) is 47.2 Å². The lowest BCUT2D eigenvalue weighted by molar-refractivity contribution is -0.142. The molecule has 28 nitrogen and oxygen atoms in total. The quantitative estimate of drug-likeness (QED) is 0.0328. The molecule has 0 radical (unpaired) electrons. The number of unbranched alkanes of at least 4 members (excludes halogenated alkanes) is 1. The number of aliphatic carboxylic acids is 1. The van der Waals surface area contributed by atoms with Crippen LogP contribution in [0.4, 0.5) is 0 Å². The van der Waals surface area contributed by atoms with Gasteiger partial charge in [-0.2, -0.15) is 0 Å². The second-order valence-corrected chi connectivity index (χ2v) is 29.2. The van der Waals surface area contributed by atoms with Crippen molar-refractivity contribution < 1.29 is 73.2 Å². The Morgan fingerprint density at radius 1 is 0.430 bits per heavy atom. The van der Waals surface area contributed by atoms with Crippen molar-refractivity contribution in [2.75, 3.05) is 31.7 Å². The number of hydrogen-bond donors (Lipinski definition) is 17. The molecule has 6 aromatic rings. The topological polar surface area (TPSA) is 439 Å². The van der Waals surface area contributed by atoms with Gasteiger partial charge in [-0.15, -0.1) is 0 Å². The highest BCUT2D eigenvalue weighted by Gasteiger charge is 2.39. The van der Waals surface area contributed by atoms with Gasteiger partial charge in [-0.25, -0.2) is 4.79 Å². The van der Waals surface area contributed by atoms with Crippen LogP contribution in [0.1, 0.15) is 80.3 Å². The van der Waals surface area contributed by atoms with Gasteiger partial charge in [0.15, 0.2) is 0 Å². The summed E-state index contributed by atoms with van der Waals surface area (Å²) in [5, 5.41) is 77.4. The number of carbonyl (C=O) groups excluding carboxylic acids is 10. The molecule has 1 aliphatic rings. The van der Waals surface area contributed by atoms with Crippen LogP contribution in [0.25, 0.3) is 10.8 Å². The largest absolute Gasteiger partial charge is 0.480 e. The summed E-state index contributed by atoms with van der Waals surface area (Å²) in [6.45, 7) is 5.97. The number of carboxylic acid groups (broad SMARTS) is 1. The lowest BCUT2D eigenvalue weighted by Gasteiger charge is -2.29. The molecule has 18 N–H and O–H groups in total. The summed E-state index contributed by atoms with van der Waals surface area (Å²) in [7, 11) is 3.47. The summed E-state index contributed by atoms with van der Waals surface area (Å²) in [5.41, 5.74) is 9.53. The Labute approximate surface area is 630 Å². The maximum atomic E-state index is 15.6. The fourth-order valence-electron chi connectivity index (χ4n) is 11.7. The zero-order valence-electron chi connectivity index (χ0n) is 60.5. The van der Waals surface area contributed by atoms with Gasteiger partial charge in [0.1, 0.15) is 60.4 Å². The third-order valence-electron chi connectivity index (χ3n) is 17.8. The zero-order chi connectivity index (χ0) is 77.5. The number of aliphatic hydroxyl groups is 3. The molecule has 0 aromatic heterocycles. The van der Waals surface area contributed by atoms with Crippen molar-refractivity contribution in [2.45, 2.75) is 170 Å². The highest BCUT2D eigenvalue weighted by atomic mass is 33.1. The van der Waals surface area contributed by atoms with Crippen LogP contribution in [-0.2, 0) is 91.4 Å². The lowest BCUT2D eigenvalue weighted by Crippen LogP contribution is -2.63. The van der Waals surface area contributed by atoms with Crippen LogP contribution in [0.15, 0.2) is 158 Å². The van der Waals surface area contributed by atoms with Crippen LogP contribution in [0.2, 0.25) is 0 Å². The molecule has 1 saturated heterocycles. The minimum absolute atomic E-state index is 0.0289. The Kier molecular flexibility index (Phi) is 34.0. The molecule has 6 aromatic carbocycles. The number of nitrogens with one attached hydrogen (secondary N) is 12. The number of benzene rings is 6. The Morgan fingerprint density at radius 2 is 0.794 bits per heavy atom. The van der Waals surface area contributed by atoms with E-state index < -0.39 is 150 Å². The second kappa shape index (κ2) is 43.1. The first-order valence-electron chi connectivity index (χ1n) is 35.6. The number of hydrogen-bond acceptors (Lipinski definition) is 19. The van der Waals surface area contributed by atoms with Crippen LogP contribution < -0.4 is 69.5 Å². The molecule has 1 aliphatic heterocycles. The van der Waals surface area contributed by atoms with Gasteiger partial charge in [0.2, 0.25) is 59.1 Å². The third kappa shape index (κ3) is 27.2. The van der Waals surface area contributed by atoms with E-state index in [2.05, 4.69) is 63.8 Å². The molecule has 30 heteroatoms. The van der Waals surface area contributed by atoms with Gasteiger partial charge in [0.25, 0.3) is 0 Å². The van der Waals surface area contributed by atoms with Crippen LogP contribution in [-0.4, -0.2) is 202 Å². The van der Waals surface area contributed by atoms with Crippen molar-refractivity contribution in [3.8, 4) is 0 Å². The third-order valence-corrected chi connectivity index (χ3v) is 20.2. The van der Waals surface area contributed by atoms with Crippen molar-refractivity contribution in [3.63, 3.8) is 0 Å². The molecular weight excluding hydrogens is 1410 g/mol. The summed E-state index contributed by atoms with van der Waals surface area (Å²) < 4.78 is 0. The van der Waals surface area contributed by atoms with E-state index in [0.717, 1.165) is 44.8 Å². The van der Waals surface area contributed by atoms with Crippen LogP contribution in [0.5, 0.6) is 0 Å². The van der Waals surface area contributed by atoms with E-state index in [4.69, 9.17) is 5.73 Å². The van der Waals surface area contributed by atoms with Gasteiger partial charge in [-0.3, -0.25) is 47.9 Å². The number of rotatable bonds is 22. The van der Waals surface area contributed by atoms with Gasteiger partial charge in [0.05, 0.1) is 24.9 Å². The Balaban J connectivity index is 1.33. The first kappa shape index (κ1) is 84.5. The molecule has 0 aliphatic carbocycles. The van der Waals surface area contributed by atoms with Gasteiger partial charge in [-0.1, -0.05) is 193 Å². The molecule has 0 spiro atoms. The molecule has 0 bridgehead atoms. The van der Waals surface area contributed by atoms with Crippen LogP contribution in [0, 0.1) is 0 Å². The second-order valence-electron chi connectivity index (χ2n) is 26.7. The monoisotopic (exact) mass is 1510 g/mol. The van der Waals surface area contributed by atoms with Crippen molar-refractivity contribution in [3.05, 3.63) is 191 Å². The fraction of sp³-hybridized carbons (Fsp3) is 0.416. The molecule has 7 rings (SSSR count). The summed E-state index contributed by atoms with van der Waals surface area (Å²) in [6, 6.07) is 28.7. The minimum Gasteiger partial charge on any atom is -0.480 e. The molecule has 1 heterocycles. The number of amides is 10. The summed E-state index contributed by atoms with van der Waals surface area (Å²) in [5.74, 6) is -11.5. The number of fused-ring (bicyclic) bond motifs is 1. The normalized spacial score (nSPS) is 23.5. The molecule has 0 saturated carbocycles. The maximum absolute atomic E-state index is 15.6. The molecular formula is C77H99N13O15S2. The minimum atomic E-state index is -1.90. The van der Waals surface area contributed by atoms with Crippen molar-refractivity contribution in [2.24, 2.45) is 5.73 Å². The number of carboxylic acids is 1. The maximum Gasteiger partial charge on any atom is 0.327 e. The SMILES string of the molecule is CN[C@H]1CSSC[C@@H](C(=O)O)NC(=O)[C@H](CO)NC(=O)[C@H]([C@@H](C)O)NC(=O)[C@H](Cc2ccccc2)NC(=O)[C@H]([C@@H](C)O)NC(=O)[C@H](Cc2ccc(CNC(C)C)cc2)NC(=O)[C@@H](Cc2ccc3ccccc3c2)NC(=O)[C@H](Cc2ccccc2)NC(=O)[C@H](Cc2ccccc2)NC(=O)[C@H](CCCCN)NC1=O. The van der Waals surface area contributed by atoms with Gasteiger partial charge >= 0.3 is 5.97 Å². The van der Waals surface area contributed by atoms with E-state index in [1.807, 2.05) is 62.4 Å². The van der Waals surface area contributed by atoms with E-state index in [9.17, 15) is 54.0 Å². The zero-order valence-corrected chi connectivity index (χ0v) is 62.1. The number of carbonyl (C=O) groups is 11. The average Bonchev–Trinajstić information content (AvgIpc) is 0.817. The van der Waals surface area contributed by atoms with Crippen LogP contribution in [0.3, 0.4) is 0 Å². The van der Waals surface area contributed by atoms with Gasteiger partial charge in [0, 0.05) is 56.2 Å². The molecule has 0 unspecified atom stereocenters. The predicted octanol–water partition coefficient (Wildman–Crippen LogP) is 0.650. The summed E-state index contributed by atoms with van der Waals surface area (Å²) >= 11 is 0. The van der Waals surface area contributed by atoms with E-state index in [-0.39, 0.29) is 62.6 Å². The first-order valence-corrected chi connectivity index (χ1v) is 38.1. The molecule has 574 valence electrons. The number of likely N-dealkylation sites (N-methyl/N-ethyl adjacent to an activating group) is 1. The predicted molar refractivity (Wildman–Crippen MR) is 408 cm³/mol. The Morgan fingerprint density at radius 3 is 1.22 bits per heavy atom. The smallest absolute Gasteiger partial charge is 0.327 e. The van der Waals surface area contributed by atoms with Crippen molar-refractivity contribution >= 4 is 97.4 Å². The van der Waals surface area contributed by atoms with Crippen molar-refractivity contribution in [1.82, 2.24) is 63.8 Å². The number of nitrogens with two attached hydrogens (primary N) is 1. The fourth-order valence-corrected chi connectivity index (χ4v) is 14.1. The summed E-state index contributed by atoms with van der Waals surface area (Å²) in [4.78, 5) is 160. The average molecular weight is 1510 g/mol. The summed E-state index contributed by atoms with van der Waals surface area (Å²) in [6.07, 6.45) is -3.55. The Hall–Kier alpha value is -9.79. The van der Waals surface area contributed by atoms with Crippen molar-refractivity contribution in [1.29, 1.82) is 0 Å². The number of aliphatic hydroxyl groups excluding tert-OH is 3. The van der Waals surface area contributed by atoms with E-state index >= 15 is 19.2 Å². The lowest BCUT2D eigenvalue weighted by atomic mass is 9.98.